The summed E-state index contributed by atoms with van der Waals surface area (Å²) in [5.41, 5.74) is 9.49. The number of carboxylic acid groups (broad SMARTS) is 1. The Morgan fingerprint density at radius 1 is 1.30 bits per heavy atom. The third-order valence-corrected chi connectivity index (χ3v) is 4.06. The number of hydrogen-bond donors (Lipinski definition) is 2. The minimum Gasteiger partial charge on any atom is -0.480 e. The second-order valence-electron chi connectivity index (χ2n) is 5.45. The van der Waals surface area contributed by atoms with Gasteiger partial charge in [-0.25, -0.2) is 0 Å². The first-order chi connectivity index (χ1) is 9.49. The lowest BCUT2D eigenvalue weighted by molar-refractivity contribution is -0.139. The Kier molecular flexibility index (Phi) is 4.62. The van der Waals surface area contributed by atoms with E-state index in [0.717, 1.165) is 26.2 Å². The zero-order chi connectivity index (χ0) is 14.7. The number of anilines is 1. The summed E-state index contributed by atoms with van der Waals surface area (Å²) >= 11 is 0. The maximum atomic E-state index is 10.8. The van der Waals surface area contributed by atoms with Gasteiger partial charge in [-0.2, -0.15) is 0 Å². The number of nitrogens with zero attached hydrogens (tertiary/aromatic N) is 2. The van der Waals surface area contributed by atoms with E-state index in [4.69, 9.17) is 10.8 Å². The summed E-state index contributed by atoms with van der Waals surface area (Å²) in [7, 11) is 0. The van der Waals surface area contributed by atoms with Gasteiger partial charge in [-0.15, -0.1) is 0 Å². The number of aliphatic carboxylic acids is 1. The number of carboxylic acids is 1. The van der Waals surface area contributed by atoms with E-state index in [2.05, 4.69) is 41.8 Å². The smallest absolute Gasteiger partial charge is 0.321 e. The molecule has 1 saturated heterocycles. The molecule has 5 nitrogen and oxygen atoms in total. The topological polar surface area (TPSA) is 69.8 Å². The van der Waals surface area contributed by atoms with Crippen LogP contribution in [-0.4, -0.2) is 54.7 Å². The van der Waals surface area contributed by atoms with Gasteiger partial charge in [0.1, 0.15) is 6.04 Å². The first-order valence-corrected chi connectivity index (χ1v) is 7.01. The van der Waals surface area contributed by atoms with E-state index in [1.54, 1.807) is 0 Å². The SMILES string of the molecule is Cc1cccc(N2CCN(CC(N)C(=O)O)CC2)c1C. The molecule has 1 aliphatic heterocycles. The van der Waals surface area contributed by atoms with E-state index >= 15 is 0 Å². The number of nitrogens with two attached hydrogens (primary N) is 1. The zero-order valence-electron chi connectivity index (χ0n) is 12.2. The van der Waals surface area contributed by atoms with Gasteiger partial charge in [-0.1, -0.05) is 12.1 Å². The highest BCUT2D eigenvalue weighted by Crippen LogP contribution is 2.23. The molecule has 1 aromatic carbocycles. The molecule has 2 rings (SSSR count). The van der Waals surface area contributed by atoms with Crippen molar-refractivity contribution in [1.82, 2.24) is 4.90 Å². The lowest BCUT2D eigenvalue weighted by Gasteiger charge is -2.37. The van der Waals surface area contributed by atoms with Gasteiger partial charge in [-0.05, 0) is 31.0 Å². The van der Waals surface area contributed by atoms with Crippen molar-refractivity contribution in [2.24, 2.45) is 5.73 Å². The molecule has 0 radical (unpaired) electrons. The Bertz CT molecular complexity index is 482. The van der Waals surface area contributed by atoms with E-state index in [1.165, 1.54) is 16.8 Å². The second kappa shape index (κ2) is 6.24. The predicted molar refractivity (Wildman–Crippen MR) is 80.2 cm³/mol. The van der Waals surface area contributed by atoms with Crippen molar-refractivity contribution in [2.45, 2.75) is 19.9 Å². The van der Waals surface area contributed by atoms with Gasteiger partial charge in [0.05, 0.1) is 0 Å². The molecule has 0 spiro atoms. The molecule has 1 fully saturated rings. The van der Waals surface area contributed by atoms with Gasteiger partial charge in [0, 0.05) is 38.4 Å². The molecule has 110 valence electrons. The molecule has 0 bridgehead atoms. The molecule has 1 aliphatic rings. The van der Waals surface area contributed by atoms with E-state index in [1.807, 2.05) is 0 Å². The van der Waals surface area contributed by atoms with E-state index in [-0.39, 0.29) is 0 Å². The van der Waals surface area contributed by atoms with Crippen molar-refractivity contribution < 1.29 is 9.90 Å². The van der Waals surface area contributed by atoms with E-state index < -0.39 is 12.0 Å². The van der Waals surface area contributed by atoms with Crippen LogP contribution in [0.1, 0.15) is 11.1 Å². The van der Waals surface area contributed by atoms with Crippen LogP contribution in [0, 0.1) is 13.8 Å². The second-order valence-corrected chi connectivity index (χ2v) is 5.45. The number of carbonyl (C=O) groups is 1. The number of aryl methyl sites for hydroxylation is 1. The van der Waals surface area contributed by atoms with Crippen LogP contribution in [-0.2, 0) is 4.79 Å². The summed E-state index contributed by atoms with van der Waals surface area (Å²) in [6.07, 6.45) is 0. The van der Waals surface area contributed by atoms with Crippen LogP contribution in [0.3, 0.4) is 0 Å². The van der Waals surface area contributed by atoms with Crippen LogP contribution < -0.4 is 10.6 Å². The minimum absolute atomic E-state index is 0.427. The standard InChI is InChI=1S/C15H23N3O2/c1-11-4-3-5-14(12(11)2)18-8-6-17(7-9-18)10-13(16)15(19)20/h3-5,13H,6-10,16H2,1-2H3,(H,19,20). The number of hydrogen-bond acceptors (Lipinski definition) is 4. The maximum Gasteiger partial charge on any atom is 0.321 e. The van der Waals surface area contributed by atoms with Gasteiger partial charge in [0.2, 0.25) is 0 Å². The Morgan fingerprint density at radius 2 is 1.95 bits per heavy atom. The van der Waals surface area contributed by atoms with Crippen LogP contribution in [0.5, 0.6) is 0 Å². The highest BCUT2D eigenvalue weighted by molar-refractivity contribution is 5.73. The molecule has 3 N–H and O–H groups in total. The molecular weight excluding hydrogens is 254 g/mol. The van der Waals surface area contributed by atoms with Gasteiger partial charge in [0.15, 0.2) is 0 Å². The Morgan fingerprint density at radius 3 is 2.55 bits per heavy atom. The van der Waals surface area contributed by atoms with E-state index in [0.29, 0.717) is 6.54 Å². The molecule has 1 atom stereocenters. The number of rotatable bonds is 4. The summed E-state index contributed by atoms with van der Waals surface area (Å²) in [6.45, 7) is 8.24. The van der Waals surface area contributed by atoms with Crippen LogP contribution >= 0.6 is 0 Å². The molecule has 1 heterocycles. The summed E-state index contributed by atoms with van der Waals surface area (Å²) in [5, 5.41) is 8.85. The highest BCUT2D eigenvalue weighted by Gasteiger charge is 2.22. The molecular formula is C15H23N3O2. The third-order valence-electron chi connectivity index (χ3n) is 4.06. The van der Waals surface area contributed by atoms with Gasteiger partial charge in [-0.3, -0.25) is 9.69 Å². The fraction of sp³-hybridized carbons (Fsp3) is 0.533. The third kappa shape index (κ3) is 3.29. The van der Waals surface area contributed by atoms with Crippen molar-refractivity contribution in [1.29, 1.82) is 0 Å². The van der Waals surface area contributed by atoms with Crippen LogP contribution in [0.4, 0.5) is 5.69 Å². The highest BCUT2D eigenvalue weighted by atomic mass is 16.4. The summed E-state index contributed by atoms with van der Waals surface area (Å²) in [4.78, 5) is 15.3. The monoisotopic (exact) mass is 277 g/mol. The average molecular weight is 277 g/mol. The molecule has 0 aliphatic carbocycles. The van der Waals surface area contributed by atoms with Gasteiger partial charge >= 0.3 is 5.97 Å². The van der Waals surface area contributed by atoms with Crippen molar-refractivity contribution in [3.8, 4) is 0 Å². The number of benzene rings is 1. The van der Waals surface area contributed by atoms with Crippen molar-refractivity contribution >= 4 is 11.7 Å². The molecule has 5 heteroatoms. The van der Waals surface area contributed by atoms with E-state index in [9.17, 15) is 4.79 Å². The fourth-order valence-corrected chi connectivity index (χ4v) is 2.61. The van der Waals surface area contributed by atoms with Crippen molar-refractivity contribution in [2.75, 3.05) is 37.6 Å². The Labute approximate surface area is 120 Å². The summed E-state index contributed by atoms with van der Waals surface area (Å²) < 4.78 is 0. The largest absolute Gasteiger partial charge is 0.480 e. The fourth-order valence-electron chi connectivity index (χ4n) is 2.61. The van der Waals surface area contributed by atoms with Crippen molar-refractivity contribution in [3.63, 3.8) is 0 Å². The molecule has 20 heavy (non-hydrogen) atoms. The van der Waals surface area contributed by atoms with Crippen LogP contribution in [0.2, 0.25) is 0 Å². The maximum absolute atomic E-state index is 10.8. The predicted octanol–water partition coefficient (Wildman–Crippen LogP) is 0.837. The first kappa shape index (κ1) is 14.8. The summed E-state index contributed by atoms with van der Waals surface area (Å²) in [5.74, 6) is -0.929. The normalized spacial score (nSPS) is 18.1. The Hall–Kier alpha value is -1.59. The quantitative estimate of drug-likeness (QED) is 0.853. The zero-order valence-corrected chi connectivity index (χ0v) is 12.2. The minimum atomic E-state index is -0.929. The molecule has 0 aromatic heterocycles. The number of piperazine rings is 1. The lowest BCUT2D eigenvalue weighted by atomic mass is 10.1. The van der Waals surface area contributed by atoms with Crippen LogP contribution in [0.15, 0.2) is 18.2 Å². The molecule has 0 saturated carbocycles. The average Bonchev–Trinajstić information content (AvgIpc) is 2.43. The molecule has 1 unspecified atom stereocenters. The Balaban J connectivity index is 1.94. The van der Waals surface area contributed by atoms with Crippen molar-refractivity contribution in [3.05, 3.63) is 29.3 Å². The molecule has 0 amide bonds. The van der Waals surface area contributed by atoms with Crippen LogP contribution in [0.25, 0.3) is 0 Å². The summed E-state index contributed by atoms with van der Waals surface area (Å²) in [6, 6.07) is 5.58. The first-order valence-electron chi connectivity index (χ1n) is 7.01. The van der Waals surface area contributed by atoms with Gasteiger partial charge in [0.25, 0.3) is 0 Å². The van der Waals surface area contributed by atoms with Gasteiger partial charge < -0.3 is 15.7 Å². The molecule has 1 aromatic rings. The lowest BCUT2D eigenvalue weighted by Crippen LogP contribution is -2.51.